The molecule has 1 amide bonds. The van der Waals surface area contributed by atoms with E-state index in [1.165, 1.54) is 11.6 Å². The lowest BCUT2D eigenvalue weighted by Gasteiger charge is -2.18. The van der Waals surface area contributed by atoms with E-state index in [9.17, 15) is 9.90 Å². The number of hydrogen-bond donors (Lipinski definition) is 1. The first-order valence-electron chi connectivity index (χ1n) is 6.73. The van der Waals surface area contributed by atoms with Crippen molar-refractivity contribution in [1.29, 1.82) is 0 Å². The van der Waals surface area contributed by atoms with Crippen molar-refractivity contribution in [1.82, 2.24) is 4.90 Å². The molecule has 0 aliphatic heterocycles. The lowest BCUT2D eigenvalue weighted by molar-refractivity contribution is 0.0782. The number of nitrogens with zero attached hydrogens (tertiary/aromatic N) is 1. The molecule has 0 aliphatic carbocycles. The zero-order valence-electron chi connectivity index (χ0n) is 11.8. The topological polar surface area (TPSA) is 40.5 Å². The molecule has 0 aromatic heterocycles. The van der Waals surface area contributed by atoms with Gasteiger partial charge in [0, 0.05) is 13.6 Å². The molecule has 0 unspecified atom stereocenters. The van der Waals surface area contributed by atoms with Crippen LogP contribution in [0.3, 0.4) is 0 Å². The molecule has 0 heterocycles. The third-order valence-corrected chi connectivity index (χ3v) is 3.33. The Morgan fingerprint density at radius 1 is 1.05 bits per heavy atom. The molecule has 1 N–H and O–H groups in total. The number of rotatable bonds is 4. The maximum absolute atomic E-state index is 12.3. The van der Waals surface area contributed by atoms with E-state index in [0.29, 0.717) is 12.1 Å². The van der Waals surface area contributed by atoms with Gasteiger partial charge in [-0.2, -0.15) is 0 Å². The second kappa shape index (κ2) is 6.24. The number of hydrogen-bond acceptors (Lipinski definition) is 2. The number of phenols is 1. The summed E-state index contributed by atoms with van der Waals surface area (Å²) < 4.78 is 0. The normalized spacial score (nSPS) is 10.3. The van der Waals surface area contributed by atoms with Crippen molar-refractivity contribution in [3.8, 4) is 5.75 Å². The average Bonchev–Trinajstić information content (AvgIpc) is 2.48. The van der Waals surface area contributed by atoms with Crippen LogP contribution in [0.5, 0.6) is 5.75 Å². The summed E-state index contributed by atoms with van der Waals surface area (Å²) in [7, 11) is 1.74. The molecule has 3 nitrogen and oxygen atoms in total. The molecule has 104 valence electrons. The maximum Gasteiger partial charge on any atom is 0.257 e. The number of benzene rings is 2. The van der Waals surface area contributed by atoms with Gasteiger partial charge in [-0.15, -0.1) is 0 Å². The maximum atomic E-state index is 12.3. The Balaban J connectivity index is 2.09. The highest BCUT2D eigenvalue weighted by Crippen LogP contribution is 2.18. The average molecular weight is 269 g/mol. The quantitative estimate of drug-likeness (QED) is 0.925. The van der Waals surface area contributed by atoms with Gasteiger partial charge in [0.1, 0.15) is 5.75 Å². The molecule has 0 atom stereocenters. The highest BCUT2D eigenvalue weighted by molar-refractivity contribution is 5.96. The molecule has 2 aromatic rings. The second-order valence-corrected chi connectivity index (χ2v) is 4.85. The van der Waals surface area contributed by atoms with Crippen LogP contribution >= 0.6 is 0 Å². The van der Waals surface area contributed by atoms with Crippen LogP contribution in [0.15, 0.2) is 48.5 Å². The van der Waals surface area contributed by atoms with Crippen molar-refractivity contribution in [3.63, 3.8) is 0 Å². The minimum atomic E-state index is -0.178. The lowest BCUT2D eigenvalue weighted by atomic mass is 10.1. The third-order valence-electron chi connectivity index (χ3n) is 3.33. The monoisotopic (exact) mass is 269 g/mol. The van der Waals surface area contributed by atoms with Crippen LogP contribution in [0.1, 0.15) is 28.4 Å². The number of aryl methyl sites for hydroxylation is 1. The Morgan fingerprint density at radius 2 is 1.65 bits per heavy atom. The first-order valence-corrected chi connectivity index (χ1v) is 6.73. The molecule has 0 saturated heterocycles. The zero-order valence-corrected chi connectivity index (χ0v) is 11.8. The summed E-state index contributed by atoms with van der Waals surface area (Å²) in [5.74, 6) is -0.159. The van der Waals surface area contributed by atoms with E-state index >= 15 is 0 Å². The van der Waals surface area contributed by atoms with Gasteiger partial charge >= 0.3 is 0 Å². The highest BCUT2D eigenvalue weighted by atomic mass is 16.3. The standard InChI is InChI=1S/C17H19NO2/c1-3-13-8-10-14(11-9-13)12-18(2)17(20)15-6-4-5-7-16(15)19/h4-11,19H,3,12H2,1-2H3. The van der Waals surface area contributed by atoms with Crippen molar-refractivity contribution >= 4 is 5.91 Å². The summed E-state index contributed by atoms with van der Waals surface area (Å²) in [6, 6.07) is 14.8. The Bertz CT molecular complexity index is 590. The van der Waals surface area contributed by atoms with Crippen molar-refractivity contribution in [3.05, 3.63) is 65.2 Å². The van der Waals surface area contributed by atoms with Crippen molar-refractivity contribution < 1.29 is 9.90 Å². The van der Waals surface area contributed by atoms with Crippen LogP contribution < -0.4 is 0 Å². The number of phenolic OH excluding ortho intramolecular Hbond substituents is 1. The van der Waals surface area contributed by atoms with E-state index in [4.69, 9.17) is 0 Å². The SMILES string of the molecule is CCc1ccc(CN(C)C(=O)c2ccccc2O)cc1. The first-order chi connectivity index (χ1) is 9.61. The molecular formula is C17H19NO2. The highest BCUT2D eigenvalue weighted by Gasteiger charge is 2.15. The summed E-state index contributed by atoms with van der Waals surface area (Å²) in [6.07, 6.45) is 1.01. The number of carbonyl (C=O) groups excluding carboxylic acids is 1. The summed E-state index contributed by atoms with van der Waals surface area (Å²) in [5.41, 5.74) is 2.69. The van der Waals surface area contributed by atoms with Gasteiger partial charge in [-0.05, 0) is 29.7 Å². The third kappa shape index (κ3) is 3.18. The van der Waals surface area contributed by atoms with Crippen molar-refractivity contribution in [2.75, 3.05) is 7.05 Å². The molecule has 20 heavy (non-hydrogen) atoms. The molecule has 0 fully saturated rings. The fraction of sp³-hybridized carbons (Fsp3) is 0.235. The fourth-order valence-electron chi connectivity index (χ4n) is 2.09. The van der Waals surface area contributed by atoms with E-state index in [-0.39, 0.29) is 11.7 Å². The van der Waals surface area contributed by atoms with E-state index < -0.39 is 0 Å². The van der Waals surface area contributed by atoms with Gasteiger partial charge in [-0.25, -0.2) is 0 Å². The van der Waals surface area contributed by atoms with E-state index in [2.05, 4.69) is 19.1 Å². The van der Waals surface area contributed by atoms with Gasteiger partial charge in [-0.3, -0.25) is 4.79 Å². The minimum absolute atomic E-state index is 0.0191. The number of amides is 1. The van der Waals surface area contributed by atoms with E-state index in [1.54, 1.807) is 30.1 Å². The van der Waals surface area contributed by atoms with Crippen LogP contribution in [0.2, 0.25) is 0 Å². The predicted molar refractivity (Wildman–Crippen MR) is 79.7 cm³/mol. The molecule has 0 aliphatic rings. The summed E-state index contributed by atoms with van der Waals surface area (Å²) in [5, 5.41) is 9.72. The minimum Gasteiger partial charge on any atom is -0.507 e. The lowest BCUT2D eigenvalue weighted by Crippen LogP contribution is -2.26. The zero-order chi connectivity index (χ0) is 14.5. The predicted octanol–water partition coefficient (Wildman–Crippen LogP) is 3.23. The van der Waals surface area contributed by atoms with Crippen LogP contribution in [-0.2, 0) is 13.0 Å². The smallest absolute Gasteiger partial charge is 0.257 e. The number of aromatic hydroxyl groups is 1. The molecule has 2 rings (SSSR count). The van der Waals surface area contributed by atoms with Gasteiger partial charge in [-0.1, -0.05) is 43.3 Å². The molecule has 0 spiro atoms. The summed E-state index contributed by atoms with van der Waals surface area (Å²) in [4.78, 5) is 13.9. The second-order valence-electron chi connectivity index (χ2n) is 4.85. The van der Waals surface area contributed by atoms with Crippen LogP contribution in [0.4, 0.5) is 0 Å². The van der Waals surface area contributed by atoms with Gasteiger partial charge in [0.05, 0.1) is 5.56 Å². The molecule has 3 heteroatoms. The van der Waals surface area contributed by atoms with Gasteiger partial charge in [0.15, 0.2) is 0 Å². The molecular weight excluding hydrogens is 250 g/mol. The van der Waals surface area contributed by atoms with Gasteiger partial charge < -0.3 is 10.0 Å². The largest absolute Gasteiger partial charge is 0.507 e. The summed E-state index contributed by atoms with van der Waals surface area (Å²) in [6.45, 7) is 2.64. The fourth-order valence-corrected chi connectivity index (χ4v) is 2.09. The van der Waals surface area contributed by atoms with Crippen LogP contribution in [0.25, 0.3) is 0 Å². The molecule has 2 aromatic carbocycles. The summed E-state index contributed by atoms with van der Waals surface area (Å²) >= 11 is 0. The number of carbonyl (C=O) groups is 1. The molecule has 0 bridgehead atoms. The van der Waals surface area contributed by atoms with E-state index in [1.807, 2.05) is 12.1 Å². The Hall–Kier alpha value is -2.29. The van der Waals surface area contributed by atoms with Gasteiger partial charge in [0.2, 0.25) is 0 Å². The van der Waals surface area contributed by atoms with Gasteiger partial charge in [0.25, 0.3) is 5.91 Å². The van der Waals surface area contributed by atoms with E-state index in [0.717, 1.165) is 12.0 Å². The van der Waals surface area contributed by atoms with Crippen LogP contribution in [0, 0.1) is 0 Å². The molecule has 0 radical (unpaired) electrons. The number of para-hydroxylation sites is 1. The molecule has 0 saturated carbocycles. The first kappa shape index (κ1) is 14.1. The van der Waals surface area contributed by atoms with Crippen molar-refractivity contribution in [2.45, 2.75) is 19.9 Å². The van der Waals surface area contributed by atoms with Crippen LogP contribution in [-0.4, -0.2) is 23.0 Å². The Morgan fingerprint density at radius 3 is 2.25 bits per heavy atom. The Labute approximate surface area is 119 Å². The Kier molecular flexibility index (Phi) is 4.41. The van der Waals surface area contributed by atoms with Crippen molar-refractivity contribution in [2.24, 2.45) is 0 Å².